The number of rotatable bonds is 9. The Morgan fingerprint density at radius 1 is 1.23 bits per heavy atom. The summed E-state index contributed by atoms with van der Waals surface area (Å²) in [6.45, 7) is 2.13. The fraction of sp³-hybridized carbons (Fsp3) is 0.409. The molecule has 2 atom stereocenters. The van der Waals surface area contributed by atoms with Crippen LogP contribution < -0.4 is 10.2 Å². The van der Waals surface area contributed by atoms with Gasteiger partial charge in [0.15, 0.2) is 0 Å². The topological polar surface area (TPSA) is 138 Å². The molecule has 1 aromatic carbocycles. The molecule has 0 saturated carbocycles. The maximum atomic E-state index is 13.8. The molecule has 2 heterocycles. The summed E-state index contributed by atoms with van der Waals surface area (Å²) in [7, 11) is -2.74. The van der Waals surface area contributed by atoms with E-state index in [0.29, 0.717) is 24.3 Å². The highest BCUT2D eigenvalue weighted by atomic mass is 35.5. The lowest BCUT2D eigenvalue weighted by Crippen LogP contribution is -2.53. The van der Waals surface area contributed by atoms with Gasteiger partial charge in [-0.2, -0.15) is 4.31 Å². The SMILES string of the molecule is CCOC(=O)N1CCC([C@H](C(=O)NO)N(Cc2ccncc2)S(=O)(=O)c2ccc(OC)cc2)C1.Cl. The van der Waals surface area contributed by atoms with Gasteiger partial charge in [0.05, 0.1) is 18.6 Å². The number of carbonyl (C=O) groups excluding carboxylic acids is 2. The van der Waals surface area contributed by atoms with E-state index in [1.54, 1.807) is 24.5 Å². The first-order valence-electron chi connectivity index (χ1n) is 10.7. The first-order chi connectivity index (χ1) is 16.3. The minimum atomic E-state index is -4.21. The average Bonchev–Trinajstić information content (AvgIpc) is 3.34. The van der Waals surface area contributed by atoms with Gasteiger partial charge >= 0.3 is 6.09 Å². The van der Waals surface area contributed by atoms with E-state index in [1.165, 1.54) is 48.7 Å². The smallest absolute Gasteiger partial charge is 0.409 e. The van der Waals surface area contributed by atoms with Crippen molar-refractivity contribution in [2.45, 2.75) is 30.8 Å². The molecule has 0 aliphatic carbocycles. The Morgan fingerprint density at radius 2 is 1.89 bits per heavy atom. The highest BCUT2D eigenvalue weighted by Gasteiger charge is 2.44. The van der Waals surface area contributed by atoms with E-state index in [9.17, 15) is 23.2 Å². The molecule has 0 spiro atoms. The molecule has 11 nitrogen and oxygen atoms in total. The summed E-state index contributed by atoms with van der Waals surface area (Å²) in [6, 6.07) is 7.80. The van der Waals surface area contributed by atoms with E-state index >= 15 is 0 Å². The Balaban J connectivity index is 0.00000432. The van der Waals surface area contributed by atoms with Crippen molar-refractivity contribution in [2.24, 2.45) is 5.92 Å². The van der Waals surface area contributed by atoms with Crippen molar-refractivity contribution in [3.63, 3.8) is 0 Å². The summed E-state index contributed by atoms with van der Waals surface area (Å²) in [5.74, 6) is -0.988. The molecule has 35 heavy (non-hydrogen) atoms. The van der Waals surface area contributed by atoms with Gasteiger partial charge in [-0.25, -0.2) is 18.7 Å². The first-order valence-corrected chi connectivity index (χ1v) is 12.2. The van der Waals surface area contributed by atoms with Crippen LogP contribution in [0.1, 0.15) is 18.9 Å². The second kappa shape index (κ2) is 12.7. The number of hydrogen-bond donors (Lipinski definition) is 2. The Hall–Kier alpha value is -2.93. The molecule has 0 radical (unpaired) electrons. The van der Waals surface area contributed by atoms with Gasteiger partial charge in [0.25, 0.3) is 5.91 Å². The predicted molar refractivity (Wildman–Crippen MR) is 128 cm³/mol. The average molecular weight is 529 g/mol. The van der Waals surface area contributed by atoms with Crippen molar-refractivity contribution < 1.29 is 32.7 Å². The maximum absolute atomic E-state index is 13.8. The van der Waals surface area contributed by atoms with Crippen molar-refractivity contribution in [1.29, 1.82) is 0 Å². The van der Waals surface area contributed by atoms with Gasteiger partial charge in [0.2, 0.25) is 10.0 Å². The molecule has 0 bridgehead atoms. The van der Waals surface area contributed by atoms with Crippen LogP contribution in [-0.4, -0.2) is 72.7 Å². The van der Waals surface area contributed by atoms with Crippen LogP contribution >= 0.6 is 12.4 Å². The summed E-state index contributed by atoms with van der Waals surface area (Å²) < 4.78 is 38.8. The molecular weight excluding hydrogens is 500 g/mol. The number of likely N-dealkylation sites (tertiary alicyclic amines) is 1. The highest BCUT2D eigenvalue weighted by molar-refractivity contribution is 7.89. The third-order valence-electron chi connectivity index (χ3n) is 5.64. The molecule has 2 N–H and O–H groups in total. The third kappa shape index (κ3) is 6.60. The van der Waals surface area contributed by atoms with Crippen molar-refractivity contribution >= 4 is 34.4 Å². The molecule has 3 rings (SSSR count). The molecule has 2 amide bonds. The fourth-order valence-corrected chi connectivity index (χ4v) is 5.59. The van der Waals surface area contributed by atoms with Gasteiger partial charge in [0, 0.05) is 37.9 Å². The molecule has 1 fully saturated rings. The number of carbonyl (C=O) groups is 2. The Morgan fingerprint density at radius 3 is 2.46 bits per heavy atom. The van der Waals surface area contributed by atoms with Crippen LogP contribution in [0.5, 0.6) is 5.75 Å². The lowest BCUT2D eigenvalue weighted by molar-refractivity contribution is -0.135. The lowest BCUT2D eigenvalue weighted by atomic mass is 9.98. The Bertz CT molecular complexity index is 1090. The number of benzene rings is 1. The van der Waals surface area contributed by atoms with E-state index < -0.39 is 34.0 Å². The fourth-order valence-electron chi connectivity index (χ4n) is 3.96. The Labute approximate surface area is 210 Å². The number of methoxy groups -OCH3 is 1. The van der Waals surface area contributed by atoms with E-state index in [1.807, 2.05) is 0 Å². The largest absolute Gasteiger partial charge is 0.497 e. The van der Waals surface area contributed by atoms with Crippen molar-refractivity contribution in [3.8, 4) is 5.75 Å². The standard InChI is InChI=1S/C22H28N4O7S.ClH/c1-3-33-22(28)25-13-10-17(15-25)20(21(27)24-29)26(14-16-8-11-23-12-9-16)34(30,31)19-6-4-18(32-2)5-7-19;/h4-9,11-12,17,20,29H,3,10,13-15H2,1-2H3,(H,24,27);1H/t17?,20-;/m1./s1. The van der Waals surface area contributed by atoms with Gasteiger partial charge < -0.3 is 14.4 Å². The second-order valence-electron chi connectivity index (χ2n) is 7.70. The number of ether oxygens (including phenoxy) is 2. The summed E-state index contributed by atoms with van der Waals surface area (Å²) in [5, 5.41) is 9.49. The molecule has 1 unspecified atom stereocenters. The summed E-state index contributed by atoms with van der Waals surface area (Å²) >= 11 is 0. The number of aromatic nitrogens is 1. The number of hydroxylamine groups is 1. The van der Waals surface area contributed by atoms with Crippen LogP contribution in [-0.2, 0) is 26.1 Å². The molecule has 13 heteroatoms. The van der Waals surface area contributed by atoms with E-state index in [2.05, 4.69) is 4.98 Å². The number of nitrogens with zero attached hydrogens (tertiary/aromatic N) is 3. The number of halogens is 1. The van der Waals surface area contributed by atoms with Crippen molar-refractivity contribution in [3.05, 3.63) is 54.4 Å². The van der Waals surface area contributed by atoms with Gasteiger partial charge in [-0.15, -0.1) is 12.4 Å². The van der Waals surface area contributed by atoms with Crippen LogP contribution in [0.4, 0.5) is 4.79 Å². The molecule has 1 aromatic heterocycles. The van der Waals surface area contributed by atoms with E-state index in [0.717, 1.165) is 4.31 Å². The van der Waals surface area contributed by atoms with Gasteiger partial charge in [-0.05, 0) is 55.3 Å². The minimum absolute atomic E-state index is 0. The van der Waals surface area contributed by atoms with Crippen LogP contribution in [0.3, 0.4) is 0 Å². The van der Waals surface area contributed by atoms with Gasteiger partial charge in [-0.1, -0.05) is 0 Å². The highest BCUT2D eigenvalue weighted by Crippen LogP contribution is 2.30. The van der Waals surface area contributed by atoms with Gasteiger partial charge in [0.1, 0.15) is 11.8 Å². The van der Waals surface area contributed by atoms with Crippen LogP contribution in [0.25, 0.3) is 0 Å². The van der Waals surface area contributed by atoms with Gasteiger partial charge in [-0.3, -0.25) is 15.0 Å². The molecule has 1 aliphatic rings. The van der Waals surface area contributed by atoms with Crippen molar-refractivity contribution in [2.75, 3.05) is 26.8 Å². The van der Waals surface area contributed by atoms with Crippen LogP contribution in [0, 0.1) is 5.92 Å². The molecule has 192 valence electrons. The van der Waals surface area contributed by atoms with E-state index in [4.69, 9.17) is 9.47 Å². The molecule has 1 aliphatic heterocycles. The second-order valence-corrected chi connectivity index (χ2v) is 9.59. The third-order valence-corrected chi connectivity index (χ3v) is 7.48. The quantitative estimate of drug-likeness (QED) is 0.372. The number of amides is 2. The zero-order valence-electron chi connectivity index (χ0n) is 19.4. The summed E-state index contributed by atoms with van der Waals surface area (Å²) in [5.41, 5.74) is 2.21. The Kier molecular flexibility index (Phi) is 10.3. The molecule has 2 aromatic rings. The normalized spacial score (nSPS) is 16.3. The molecule has 1 saturated heterocycles. The van der Waals surface area contributed by atoms with Crippen LogP contribution in [0.15, 0.2) is 53.7 Å². The van der Waals surface area contributed by atoms with Crippen molar-refractivity contribution in [1.82, 2.24) is 19.7 Å². The number of pyridine rings is 1. The predicted octanol–water partition coefficient (Wildman–Crippen LogP) is 2.06. The minimum Gasteiger partial charge on any atom is -0.497 e. The number of nitrogens with one attached hydrogen (secondary N) is 1. The number of hydrogen-bond acceptors (Lipinski definition) is 8. The summed E-state index contributed by atoms with van der Waals surface area (Å²) in [4.78, 5) is 30.4. The monoisotopic (exact) mass is 528 g/mol. The zero-order valence-corrected chi connectivity index (χ0v) is 21.0. The lowest BCUT2D eigenvalue weighted by Gasteiger charge is -2.33. The summed E-state index contributed by atoms with van der Waals surface area (Å²) in [6.07, 6.45) is 2.85. The van der Waals surface area contributed by atoms with E-state index in [-0.39, 0.29) is 37.0 Å². The molecular formula is C22H29ClN4O7S. The first kappa shape index (κ1) is 28.3. The zero-order chi connectivity index (χ0) is 24.7. The maximum Gasteiger partial charge on any atom is 0.409 e. The number of sulfonamides is 1. The van der Waals surface area contributed by atoms with Crippen LogP contribution in [0.2, 0.25) is 0 Å².